The van der Waals surface area contributed by atoms with Gasteiger partial charge in [-0.2, -0.15) is 0 Å². The van der Waals surface area contributed by atoms with Crippen molar-refractivity contribution in [2.24, 2.45) is 0 Å². The van der Waals surface area contributed by atoms with Crippen molar-refractivity contribution in [1.29, 1.82) is 0 Å². The molecule has 1 unspecified atom stereocenters. The molecule has 1 heterocycles. The molecule has 1 aliphatic heterocycles. The van der Waals surface area contributed by atoms with E-state index in [0.717, 1.165) is 51.9 Å². The van der Waals surface area contributed by atoms with E-state index >= 15 is 0 Å². The van der Waals surface area contributed by atoms with Gasteiger partial charge in [-0.25, -0.2) is 0 Å². The zero-order chi connectivity index (χ0) is 17.6. The first-order valence-electron chi connectivity index (χ1n) is 10.2. The van der Waals surface area contributed by atoms with Gasteiger partial charge in [0.25, 0.3) is 0 Å². The summed E-state index contributed by atoms with van der Waals surface area (Å²) in [7, 11) is 0. The molecule has 2 N–H and O–H groups in total. The van der Waals surface area contributed by atoms with Crippen LogP contribution in [0.2, 0.25) is 0 Å². The van der Waals surface area contributed by atoms with Crippen molar-refractivity contribution in [2.75, 3.05) is 32.7 Å². The van der Waals surface area contributed by atoms with Gasteiger partial charge in [0.05, 0.1) is 12.6 Å². The molecular weight excluding hydrogens is 316 g/mol. The van der Waals surface area contributed by atoms with E-state index in [2.05, 4.69) is 20.4 Å². The van der Waals surface area contributed by atoms with Gasteiger partial charge in [0.15, 0.2) is 0 Å². The molecule has 0 aromatic rings. The van der Waals surface area contributed by atoms with E-state index in [-0.39, 0.29) is 17.9 Å². The predicted octanol–water partition coefficient (Wildman–Crippen LogP) is 1.11. The lowest BCUT2D eigenvalue weighted by atomic mass is 10.1. The molecule has 0 aromatic carbocycles. The van der Waals surface area contributed by atoms with Crippen molar-refractivity contribution >= 4 is 11.8 Å². The zero-order valence-electron chi connectivity index (χ0n) is 15.6. The van der Waals surface area contributed by atoms with Crippen LogP contribution in [0.25, 0.3) is 0 Å². The van der Waals surface area contributed by atoms with E-state index in [9.17, 15) is 9.59 Å². The van der Waals surface area contributed by atoms with Crippen LogP contribution in [0.15, 0.2) is 0 Å². The van der Waals surface area contributed by atoms with E-state index in [4.69, 9.17) is 0 Å². The summed E-state index contributed by atoms with van der Waals surface area (Å²) in [5, 5.41) is 6.32. The second kappa shape index (κ2) is 8.99. The highest BCUT2D eigenvalue weighted by Gasteiger charge is 2.29. The Hall–Kier alpha value is -1.14. The van der Waals surface area contributed by atoms with Crippen molar-refractivity contribution in [3.05, 3.63) is 0 Å². The van der Waals surface area contributed by atoms with Crippen LogP contribution in [-0.4, -0.2) is 72.5 Å². The molecule has 2 aliphatic carbocycles. The second-order valence-corrected chi connectivity index (χ2v) is 8.03. The first-order chi connectivity index (χ1) is 12.1. The third-order valence-electron chi connectivity index (χ3n) is 5.85. The highest BCUT2D eigenvalue weighted by Crippen LogP contribution is 2.19. The number of hydrogen-bond donors (Lipinski definition) is 2. The van der Waals surface area contributed by atoms with Crippen LogP contribution < -0.4 is 10.6 Å². The monoisotopic (exact) mass is 350 g/mol. The van der Waals surface area contributed by atoms with Crippen LogP contribution in [0.3, 0.4) is 0 Å². The normalized spacial score (nSPS) is 25.2. The van der Waals surface area contributed by atoms with Gasteiger partial charge in [-0.05, 0) is 32.6 Å². The standard InChI is InChI=1S/C19H34N4O2/c1-15(19(25)21-16-6-4-2-3-5-7-16)23-12-10-22(11-13-23)14-18(24)20-17-8-9-17/h15-17H,2-14H2,1H3,(H,20,24)(H,21,25). The molecule has 0 aromatic heterocycles. The SMILES string of the molecule is CC(C(=O)NC1CCCCCC1)N1CCN(CC(=O)NC2CC2)CC1. The van der Waals surface area contributed by atoms with E-state index in [0.29, 0.717) is 18.6 Å². The summed E-state index contributed by atoms with van der Waals surface area (Å²) in [4.78, 5) is 28.9. The maximum absolute atomic E-state index is 12.6. The lowest BCUT2D eigenvalue weighted by molar-refractivity contribution is -0.128. The van der Waals surface area contributed by atoms with Crippen molar-refractivity contribution in [1.82, 2.24) is 20.4 Å². The van der Waals surface area contributed by atoms with Crippen molar-refractivity contribution in [3.63, 3.8) is 0 Å². The minimum absolute atomic E-state index is 0.0781. The number of rotatable bonds is 6. The van der Waals surface area contributed by atoms with Gasteiger partial charge in [-0.15, -0.1) is 0 Å². The molecule has 3 rings (SSSR count). The molecule has 2 saturated carbocycles. The fourth-order valence-corrected chi connectivity index (χ4v) is 3.92. The lowest BCUT2D eigenvalue weighted by Crippen LogP contribution is -2.56. The summed E-state index contributed by atoms with van der Waals surface area (Å²) in [6, 6.07) is 0.719. The van der Waals surface area contributed by atoms with Gasteiger partial charge < -0.3 is 10.6 Å². The van der Waals surface area contributed by atoms with E-state index in [1.165, 1.54) is 25.7 Å². The summed E-state index contributed by atoms with van der Waals surface area (Å²) in [6.45, 7) is 5.94. The summed E-state index contributed by atoms with van der Waals surface area (Å²) < 4.78 is 0. The van der Waals surface area contributed by atoms with Crippen LogP contribution in [-0.2, 0) is 9.59 Å². The Morgan fingerprint density at radius 3 is 2.08 bits per heavy atom. The Kier molecular flexibility index (Phi) is 6.70. The molecule has 3 fully saturated rings. The molecule has 0 radical (unpaired) electrons. The first kappa shape index (κ1) is 18.6. The van der Waals surface area contributed by atoms with Gasteiger partial charge in [-0.3, -0.25) is 19.4 Å². The summed E-state index contributed by atoms with van der Waals surface area (Å²) in [5.74, 6) is 0.321. The maximum Gasteiger partial charge on any atom is 0.237 e. The maximum atomic E-state index is 12.6. The predicted molar refractivity (Wildman–Crippen MR) is 98.3 cm³/mol. The summed E-state index contributed by atoms with van der Waals surface area (Å²) in [5.41, 5.74) is 0. The Labute approximate surface area is 151 Å². The van der Waals surface area contributed by atoms with Gasteiger partial charge in [0.1, 0.15) is 0 Å². The molecule has 1 saturated heterocycles. The molecule has 25 heavy (non-hydrogen) atoms. The molecule has 6 heteroatoms. The highest BCUT2D eigenvalue weighted by atomic mass is 16.2. The van der Waals surface area contributed by atoms with Gasteiger partial charge >= 0.3 is 0 Å². The fourth-order valence-electron chi connectivity index (χ4n) is 3.92. The second-order valence-electron chi connectivity index (χ2n) is 8.03. The number of amides is 2. The molecule has 2 amide bonds. The quantitative estimate of drug-likeness (QED) is 0.705. The average molecular weight is 351 g/mol. The van der Waals surface area contributed by atoms with Gasteiger partial charge in [0, 0.05) is 38.3 Å². The molecule has 0 spiro atoms. The number of hydrogen-bond acceptors (Lipinski definition) is 4. The van der Waals surface area contributed by atoms with Crippen LogP contribution in [0.5, 0.6) is 0 Å². The lowest BCUT2D eigenvalue weighted by Gasteiger charge is -2.37. The van der Waals surface area contributed by atoms with E-state index < -0.39 is 0 Å². The van der Waals surface area contributed by atoms with E-state index in [1.807, 2.05) is 6.92 Å². The summed E-state index contributed by atoms with van der Waals surface area (Å²) >= 11 is 0. The first-order valence-corrected chi connectivity index (χ1v) is 10.2. The number of carbonyl (C=O) groups excluding carboxylic acids is 2. The highest BCUT2D eigenvalue weighted by molar-refractivity contribution is 5.81. The Morgan fingerprint density at radius 2 is 1.48 bits per heavy atom. The Balaban J connectivity index is 1.37. The molecule has 0 bridgehead atoms. The molecule has 3 aliphatic rings. The Bertz CT molecular complexity index is 450. The molecular formula is C19H34N4O2. The fraction of sp³-hybridized carbons (Fsp3) is 0.895. The number of carbonyl (C=O) groups is 2. The largest absolute Gasteiger partial charge is 0.352 e. The van der Waals surface area contributed by atoms with Crippen LogP contribution in [0, 0.1) is 0 Å². The average Bonchev–Trinajstić information content (AvgIpc) is 3.43. The zero-order valence-corrected chi connectivity index (χ0v) is 15.6. The van der Waals surface area contributed by atoms with Crippen LogP contribution in [0.4, 0.5) is 0 Å². The molecule has 142 valence electrons. The van der Waals surface area contributed by atoms with Crippen molar-refractivity contribution in [3.8, 4) is 0 Å². The molecule has 1 atom stereocenters. The molecule has 6 nitrogen and oxygen atoms in total. The third kappa shape index (κ3) is 5.96. The smallest absolute Gasteiger partial charge is 0.237 e. The van der Waals surface area contributed by atoms with Crippen molar-refractivity contribution < 1.29 is 9.59 Å². The minimum atomic E-state index is -0.0781. The number of nitrogens with one attached hydrogen (secondary N) is 2. The Morgan fingerprint density at radius 1 is 0.880 bits per heavy atom. The number of nitrogens with zero attached hydrogens (tertiary/aromatic N) is 2. The third-order valence-corrected chi connectivity index (χ3v) is 5.85. The minimum Gasteiger partial charge on any atom is -0.352 e. The van der Waals surface area contributed by atoms with Crippen LogP contribution >= 0.6 is 0 Å². The van der Waals surface area contributed by atoms with Gasteiger partial charge in [-0.1, -0.05) is 25.7 Å². The van der Waals surface area contributed by atoms with Gasteiger partial charge in [0.2, 0.25) is 11.8 Å². The van der Waals surface area contributed by atoms with Crippen molar-refractivity contribution in [2.45, 2.75) is 76.4 Å². The topological polar surface area (TPSA) is 64.7 Å². The summed E-state index contributed by atoms with van der Waals surface area (Å²) in [6.07, 6.45) is 9.60. The van der Waals surface area contributed by atoms with E-state index in [1.54, 1.807) is 0 Å². The van der Waals surface area contributed by atoms with Crippen LogP contribution in [0.1, 0.15) is 58.3 Å². The number of piperazine rings is 1.